The van der Waals surface area contributed by atoms with E-state index in [4.69, 9.17) is 10.5 Å². The van der Waals surface area contributed by atoms with E-state index < -0.39 is 5.92 Å². The SMILES string of the molecule is CC[C@H](C)n1nccc1[C@H]1C(C#N)=C(N)OC2=C1C(=O)CC(C)(C)C2. The number of nitriles is 1. The van der Waals surface area contributed by atoms with E-state index in [9.17, 15) is 10.1 Å². The fourth-order valence-corrected chi connectivity index (χ4v) is 3.67. The summed E-state index contributed by atoms with van der Waals surface area (Å²) in [5, 5.41) is 14.1. The van der Waals surface area contributed by atoms with Crippen LogP contribution in [0.5, 0.6) is 0 Å². The molecule has 0 saturated carbocycles. The van der Waals surface area contributed by atoms with Gasteiger partial charge in [0.15, 0.2) is 5.78 Å². The van der Waals surface area contributed by atoms with Crippen LogP contribution in [0.25, 0.3) is 0 Å². The highest BCUT2D eigenvalue weighted by atomic mass is 16.5. The Bertz CT molecular complexity index is 823. The van der Waals surface area contributed by atoms with Gasteiger partial charge in [-0.25, -0.2) is 0 Å². The van der Waals surface area contributed by atoms with Gasteiger partial charge in [0.25, 0.3) is 0 Å². The minimum absolute atomic E-state index is 0.0217. The Morgan fingerprint density at radius 3 is 2.88 bits per heavy atom. The quantitative estimate of drug-likeness (QED) is 0.911. The molecule has 0 spiro atoms. The van der Waals surface area contributed by atoms with E-state index >= 15 is 0 Å². The Morgan fingerprint density at radius 1 is 1.52 bits per heavy atom. The van der Waals surface area contributed by atoms with Crippen LogP contribution in [0.1, 0.15) is 64.6 Å². The van der Waals surface area contributed by atoms with Gasteiger partial charge in [-0.15, -0.1) is 0 Å². The molecule has 2 N–H and O–H groups in total. The number of carbonyl (C=O) groups excluding carboxylic acids is 1. The number of Topliss-reactive ketones (excluding diaryl/α,β-unsaturated/α-hetero) is 1. The molecule has 0 unspecified atom stereocenters. The summed E-state index contributed by atoms with van der Waals surface area (Å²) in [5.74, 6) is 0.204. The van der Waals surface area contributed by atoms with Gasteiger partial charge in [0.05, 0.1) is 11.6 Å². The van der Waals surface area contributed by atoms with Crippen LogP contribution in [0.3, 0.4) is 0 Å². The third kappa shape index (κ3) is 2.84. The van der Waals surface area contributed by atoms with Gasteiger partial charge in [-0.3, -0.25) is 9.48 Å². The van der Waals surface area contributed by atoms with E-state index in [1.165, 1.54) is 0 Å². The zero-order valence-electron chi connectivity index (χ0n) is 15.2. The number of hydrogen-bond donors (Lipinski definition) is 1. The molecule has 0 fully saturated rings. The average molecular weight is 340 g/mol. The van der Waals surface area contributed by atoms with Crippen LogP contribution >= 0.6 is 0 Å². The fraction of sp³-hybridized carbons (Fsp3) is 0.526. The van der Waals surface area contributed by atoms with E-state index in [1.807, 2.05) is 24.6 Å². The van der Waals surface area contributed by atoms with Crippen molar-refractivity contribution in [3.05, 3.63) is 40.7 Å². The predicted octanol–water partition coefficient (Wildman–Crippen LogP) is 3.30. The molecule has 2 heterocycles. The van der Waals surface area contributed by atoms with E-state index in [1.54, 1.807) is 6.20 Å². The van der Waals surface area contributed by atoms with Gasteiger partial charge >= 0.3 is 0 Å². The highest BCUT2D eigenvalue weighted by Crippen LogP contribution is 2.48. The number of hydrogen-bond acceptors (Lipinski definition) is 5. The molecule has 6 nitrogen and oxygen atoms in total. The Hall–Kier alpha value is -2.55. The maximum atomic E-state index is 12.9. The zero-order valence-corrected chi connectivity index (χ0v) is 15.2. The van der Waals surface area contributed by atoms with Crippen LogP contribution in [0.15, 0.2) is 35.1 Å². The molecule has 3 rings (SSSR count). The predicted molar refractivity (Wildman–Crippen MR) is 92.9 cm³/mol. The first-order valence-corrected chi connectivity index (χ1v) is 8.66. The lowest BCUT2D eigenvalue weighted by molar-refractivity contribution is -0.119. The molecule has 6 heteroatoms. The van der Waals surface area contributed by atoms with Crippen LogP contribution in [-0.2, 0) is 9.53 Å². The van der Waals surface area contributed by atoms with Crippen molar-refractivity contribution in [2.45, 2.75) is 58.9 Å². The lowest BCUT2D eigenvalue weighted by atomic mass is 9.71. The van der Waals surface area contributed by atoms with E-state index in [0.717, 1.165) is 12.1 Å². The van der Waals surface area contributed by atoms with Crippen LogP contribution in [0, 0.1) is 16.7 Å². The van der Waals surface area contributed by atoms with Crippen LogP contribution in [0.4, 0.5) is 0 Å². The maximum absolute atomic E-state index is 12.9. The van der Waals surface area contributed by atoms with Crippen LogP contribution in [0.2, 0.25) is 0 Å². The van der Waals surface area contributed by atoms with Gasteiger partial charge < -0.3 is 10.5 Å². The van der Waals surface area contributed by atoms with Crippen molar-refractivity contribution in [2.75, 3.05) is 0 Å². The summed E-state index contributed by atoms with van der Waals surface area (Å²) in [4.78, 5) is 12.9. The van der Waals surface area contributed by atoms with Crippen molar-refractivity contribution in [1.82, 2.24) is 9.78 Å². The van der Waals surface area contributed by atoms with Gasteiger partial charge in [-0.2, -0.15) is 10.4 Å². The average Bonchev–Trinajstić information content (AvgIpc) is 3.00. The smallest absolute Gasteiger partial charge is 0.205 e. The van der Waals surface area contributed by atoms with E-state index in [0.29, 0.717) is 24.2 Å². The molecule has 0 saturated heterocycles. The summed E-state index contributed by atoms with van der Waals surface area (Å²) in [5.41, 5.74) is 7.54. The summed E-state index contributed by atoms with van der Waals surface area (Å²) >= 11 is 0. The summed E-state index contributed by atoms with van der Waals surface area (Å²) in [7, 11) is 0. The maximum Gasteiger partial charge on any atom is 0.205 e. The highest BCUT2D eigenvalue weighted by Gasteiger charge is 2.44. The first-order valence-electron chi connectivity index (χ1n) is 8.66. The summed E-state index contributed by atoms with van der Waals surface area (Å²) in [6.45, 7) is 8.22. The monoisotopic (exact) mass is 340 g/mol. The number of nitrogens with zero attached hydrogens (tertiary/aromatic N) is 3. The molecule has 0 aromatic carbocycles. The zero-order chi connectivity index (χ0) is 18.4. The number of carbonyl (C=O) groups is 1. The van der Waals surface area contributed by atoms with Gasteiger partial charge in [0.2, 0.25) is 5.88 Å². The lowest BCUT2D eigenvalue weighted by Crippen LogP contribution is -2.34. The molecule has 1 aromatic rings. The number of ketones is 1. The molecule has 0 bridgehead atoms. The second kappa shape index (κ2) is 6.07. The van der Waals surface area contributed by atoms with Crippen molar-refractivity contribution in [3.8, 4) is 6.07 Å². The molecule has 25 heavy (non-hydrogen) atoms. The molecule has 1 aromatic heterocycles. The summed E-state index contributed by atoms with van der Waals surface area (Å²) in [6, 6.07) is 4.18. The standard InChI is InChI=1S/C19H24N4O2/c1-5-11(2)23-13(6-7-22-23)16-12(10-20)18(21)25-15-9-19(3,4)8-14(24)17(15)16/h6-7,11,16H,5,8-9,21H2,1-4H3/t11-,16+/m0/s1. The van der Waals surface area contributed by atoms with Gasteiger partial charge in [-0.1, -0.05) is 20.8 Å². The molecule has 1 aliphatic heterocycles. The summed E-state index contributed by atoms with van der Waals surface area (Å²) in [6.07, 6.45) is 3.66. The molecule has 0 amide bonds. The van der Waals surface area contributed by atoms with Crippen molar-refractivity contribution in [1.29, 1.82) is 5.26 Å². The first kappa shape index (κ1) is 17.3. The minimum atomic E-state index is -0.506. The lowest BCUT2D eigenvalue weighted by Gasteiger charge is -2.37. The molecule has 132 valence electrons. The van der Waals surface area contributed by atoms with Gasteiger partial charge in [-0.05, 0) is 24.8 Å². The number of allylic oxidation sites excluding steroid dienone is 3. The topological polar surface area (TPSA) is 93.9 Å². The van der Waals surface area contributed by atoms with Gasteiger partial charge in [0, 0.05) is 30.7 Å². The second-order valence-corrected chi connectivity index (χ2v) is 7.66. The Labute approximate surface area is 147 Å². The Kier molecular flexibility index (Phi) is 4.19. The third-order valence-corrected chi connectivity index (χ3v) is 5.08. The van der Waals surface area contributed by atoms with Crippen molar-refractivity contribution < 1.29 is 9.53 Å². The van der Waals surface area contributed by atoms with Crippen molar-refractivity contribution in [3.63, 3.8) is 0 Å². The van der Waals surface area contributed by atoms with Crippen LogP contribution < -0.4 is 5.73 Å². The molecule has 2 aliphatic rings. The number of nitrogens with two attached hydrogens (primary N) is 1. The second-order valence-electron chi connectivity index (χ2n) is 7.66. The molecule has 1 aliphatic carbocycles. The van der Waals surface area contributed by atoms with Crippen molar-refractivity contribution in [2.24, 2.45) is 11.1 Å². The molecule has 2 atom stereocenters. The van der Waals surface area contributed by atoms with Crippen LogP contribution in [-0.4, -0.2) is 15.6 Å². The number of aromatic nitrogens is 2. The fourth-order valence-electron chi connectivity index (χ4n) is 3.67. The Balaban J connectivity index is 2.19. The van der Waals surface area contributed by atoms with Crippen molar-refractivity contribution >= 4 is 5.78 Å². The highest BCUT2D eigenvalue weighted by molar-refractivity contribution is 5.99. The van der Waals surface area contributed by atoms with E-state index in [-0.39, 0.29) is 28.7 Å². The first-order chi connectivity index (χ1) is 11.8. The van der Waals surface area contributed by atoms with Gasteiger partial charge in [0.1, 0.15) is 17.4 Å². The molecular weight excluding hydrogens is 316 g/mol. The third-order valence-electron chi connectivity index (χ3n) is 5.08. The molecule has 0 radical (unpaired) electrons. The summed E-state index contributed by atoms with van der Waals surface area (Å²) < 4.78 is 7.61. The molecular formula is C19H24N4O2. The minimum Gasteiger partial charge on any atom is -0.444 e. The normalized spacial score (nSPS) is 23.8. The number of ether oxygens (including phenoxy) is 1. The number of rotatable bonds is 3. The largest absolute Gasteiger partial charge is 0.444 e. The van der Waals surface area contributed by atoms with E-state index in [2.05, 4.69) is 25.0 Å². The Morgan fingerprint density at radius 2 is 2.24 bits per heavy atom.